The quantitative estimate of drug-likeness (QED) is 0.494. The van der Waals surface area contributed by atoms with Gasteiger partial charge in [0, 0.05) is 5.69 Å². The molecule has 0 radical (unpaired) electrons. The van der Waals surface area contributed by atoms with Crippen molar-refractivity contribution in [1.29, 1.82) is 0 Å². The van der Waals surface area contributed by atoms with E-state index in [0.717, 1.165) is 29.7 Å². The Balaban J connectivity index is 1.88. The number of anilines is 2. The monoisotopic (exact) mass is 469 g/mol. The topological polar surface area (TPSA) is 111 Å². The highest BCUT2D eigenvalue weighted by molar-refractivity contribution is 7.93. The van der Waals surface area contributed by atoms with Crippen LogP contribution in [0.4, 0.5) is 11.6 Å². The van der Waals surface area contributed by atoms with Crippen LogP contribution in [0, 0.1) is 6.92 Å². The third-order valence-electron chi connectivity index (χ3n) is 4.22. The number of halogens is 1. The highest BCUT2D eigenvalue weighted by Crippen LogP contribution is 2.31. The fraction of sp³-hybridized carbons (Fsp3) is 0.263. The summed E-state index contributed by atoms with van der Waals surface area (Å²) in [4.78, 5) is 12.7. The fourth-order valence-electron chi connectivity index (χ4n) is 2.75. The lowest BCUT2D eigenvalue weighted by Gasteiger charge is -2.13. The first-order chi connectivity index (χ1) is 14.3. The van der Waals surface area contributed by atoms with Gasteiger partial charge in [0.15, 0.2) is 0 Å². The van der Waals surface area contributed by atoms with E-state index in [2.05, 4.69) is 15.2 Å². The second kappa shape index (κ2) is 9.07. The number of hydrogen-bond donors (Lipinski definition) is 2. The minimum Gasteiger partial charge on any atom is -0.497 e. The molecule has 30 heavy (non-hydrogen) atoms. The number of carbonyl (C=O) groups is 1. The first-order valence-corrected chi connectivity index (χ1v) is 11.7. The van der Waals surface area contributed by atoms with E-state index in [1.165, 1.54) is 11.4 Å². The molecule has 0 spiro atoms. The van der Waals surface area contributed by atoms with Crippen LogP contribution in [0.25, 0.3) is 0 Å². The predicted octanol–water partition coefficient (Wildman–Crippen LogP) is 4.71. The fourth-order valence-corrected chi connectivity index (χ4v) is 5.24. The summed E-state index contributed by atoms with van der Waals surface area (Å²) in [5.41, 5.74) is 1.84. The lowest BCUT2D eigenvalue weighted by molar-refractivity contribution is 0.102. The number of methoxy groups -OCH3 is 1. The number of thiophene rings is 1. The molecule has 2 heterocycles. The summed E-state index contributed by atoms with van der Waals surface area (Å²) in [7, 11) is -2.55. The van der Waals surface area contributed by atoms with Gasteiger partial charge >= 0.3 is 0 Å². The molecule has 0 atom stereocenters. The van der Waals surface area contributed by atoms with Crippen molar-refractivity contribution in [2.75, 3.05) is 17.1 Å². The Morgan fingerprint density at radius 1 is 1.33 bits per heavy atom. The number of nitrogens with zero attached hydrogens (tertiary/aromatic N) is 1. The lowest BCUT2D eigenvalue weighted by Crippen LogP contribution is -2.19. The molecule has 0 fully saturated rings. The van der Waals surface area contributed by atoms with Crippen molar-refractivity contribution < 1.29 is 22.5 Å². The molecule has 0 aliphatic rings. The number of benzene rings is 1. The van der Waals surface area contributed by atoms with E-state index in [9.17, 15) is 13.2 Å². The van der Waals surface area contributed by atoms with E-state index >= 15 is 0 Å². The maximum atomic E-state index is 12.9. The normalized spacial score (nSPS) is 11.3. The zero-order chi connectivity index (χ0) is 21.9. The van der Waals surface area contributed by atoms with Gasteiger partial charge in [-0.3, -0.25) is 4.79 Å². The number of ether oxygens (including phenoxy) is 1. The van der Waals surface area contributed by atoms with Crippen molar-refractivity contribution in [3.63, 3.8) is 0 Å². The van der Waals surface area contributed by atoms with Crippen molar-refractivity contribution >= 4 is 50.4 Å². The van der Waals surface area contributed by atoms with Gasteiger partial charge in [-0.2, -0.15) is 0 Å². The van der Waals surface area contributed by atoms with E-state index in [-0.39, 0.29) is 20.7 Å². The van der Waals surface area contributed by atoms with Crippen molar-refractivity contribution in [2.45, 2.75) is 31.6 Å². The molecule has 0 aliphatic carbocycles. The summed E-state index contributed by atoms with van der Waals surface area (Å²) < 4.78 is 38.0. The van der Waals surface area contributed by atoms with Gasteiger partial charge in [0.2, 0.25) is 0 Å². The first-order valence-electron chi connectivity index (χ1n) is 8.97. The van der Waals surface area contributed by atoms with Crippen LogP contribution in [0.5, 0.6) is 5.75 Å². The van der Waals surface area contributed by atoms with Gasteiger partial charge < -0.3 is 14.6 Å². The summed E-state index contributed by atoms with van der Waals surface area (Å²) >= 11 is 7.00. The average molecular weight is 470 g/mol. The molecule has 3 rings (SSSR count). The molecule has 160 valence electrons. The zero-order valence-corrected chi connectivity index (χ0v) is 18.9. The van der Waals surface area contributed by atoms with E-state index in [4.69, 9.17) is 20.9 Å². The van der Waals surface area contributed by atoms with Crippen LogP contribution in [-0.4, -0.2) is 26.6 Å². The van der Waals surface area contributed by atoms with Gasteiger partial charge in [0.05, 0.1) is 7.11 Å². The predicted molar refractivity (Wildman–Crippen MR) is 116 cm³/mol. The minimum atomic E-state index is -4.12. The van der Waals surface area contributed by atoms with Crippen LogP contribution in [0.1, 0.15) is 34.3 Å². The molecular formula is C19H20ClN3O5S2. The molecule has 11 heteroatoms. The van der Waals surface area contributed by atoms with Crippen molar-refractivity contribution in [3.05, 3.63) is 50.8 Å². The maximum Gasteiger partial charge on any atom is 0.267 e. The number of aromatic nitrogens is 1. The van der Waals surface area contributed by atoms with E-state index < -0.39 is 15.9 Å². The van der Waals surface area contributed by atoms with Crippen LogP contribution >= 0.6 is 22.9 Å². The molecule has 0 saturated carbocycles. The number of rotatable bonds is 8. The minimum absolute atomic E-state index is 0.0353. The Morgan fingerprint density at radius 2 is 2.10 bits per heavy atom. The molecule has 2 N–H and O–H groups in total. The third-order valence-corrected chi connectivity index (χ3v) is 7.08. The second-order valence-electron chi connectivity index (χ2n) is 6.36. The van der Waals surface area contributed by atoms with Gasteiger partial charge in [0.25, 0.3) is 21.8 Å². The molecule has 0 bridgehead atoms. The number of hydrogen-bond acceptors (Lipinski definition) is 7. The number of sulfonamides is 1. The molecule has 8 nitrogen and oxygen atoms in total. The standard InChI is InChI=1S/C19H20ClN3O5S2/c1-4-5-12-10-13(27-3)6-7-14(12)21-18(24)17-15(8-9-29-17)30(25,26)23-19-16(20)11(2)22-28-19/h6-10,23H,4-5H2,1-3H3,(H,21,24). The molecule has 0 unspecified atom stereocenters. The smallest absolute Gasteiger partial charge is 0.267 e. The Hall–Kier alpha value is -2.56. The largest absolute Gasteiger partial charge is 0.497 e. The number of carbonyl (C=O) groups excluding carboxylic acids is 1. The summed E-state index contributed by atoms with van der Waals surface area (Å²) in [6, 6.07) is 6.66. The summed E-state index contributed by atoms with van der Waals surface area (Å²) in [6.45, 7) is 3.60. The van der Waals surface area contributed by atoms with Gasteiger partial charge in [-0.1, -0.05) is 30.1 Å². The highest BCUT2D eigenvalue weighted by atomic mass is 35.5. The maximum absolute atomic E-state index is 12.9. The number of amides is 1. The first kappa shape index (κ1) is 22.1. The third kappa shape index (κ3) is 4.61. The van der Waals surface area contributed by atoms with Crippen LogP contribution in [0.2, 0.25) is 5.02 Å². The lowest BCUT2D eigenvalue weighted by atomic mass is 10.1. The van der Waals surface area contributed by atoms with Crippen LogP contribution in [0.15, 0.2) is 39.1 Å². The van der Waals surface area contributed by atoms with E-state index in [1.807, 2.05) is 13.0 Å². The summed E-state index contributed by atoms with van der Waals surface area (Å²) in [6.07, 6.45) is 1.60. The Kier molecular flexibility index (Phi) is 6.69. The molecule has 0 saturated heterocycles. The molecule has 3 aromatic rings. The second-order valence-corrected chi connectivity index (χ2v) is 9.30. The van der Waals surface area contributed by atoms with Crippen molar-refractivity contribution in [3.8, 4) is 5.75 Å². The van der Waals surface area contributed by atoms with Gasteiger partial charge in [-0.15, -0.1) is 11.3 Å². The number of aryl methyl sites for hydroxylation is 2. The van der Waals surface area contributed by atoms with Crippen LogP contribution in [0.3, 0.4) is 0 Å². The van der Waals surface area contributed by atoms with Crippen molar-refractivity contribution in [1.82, 2.24) is 5.16 Å². The molecule has 1 amide bonds. The summed E-state index contributed by atoms with van der Waals surface area (Å²) in [5.74, 6) is -0.0564. The highest BCUT2D eigenvalue weighted by Gasteiger charge is 2.27. The van der Waals surface area contributed by atoms with Gasteiger partial charge in [0.1, 0.15) is 26.2 Å². The molecule has 0 aliphatic heterocycles. The SMILES string of the molecule is CCCc1cc(OC)ccc1NC(=O)c1sccc1S(=O)(=O)Nc1onc(C)c1Cl. The summed E-state index contributed by atoms with van der Waals surface area (Å²) in [5, 5.41) is 8.00. The van der Waals surface area contributed by atoms with Crippen LogP contribution < -0.4 is 14.8 Å². The van der Waals surface area contributed by atoms with Gasteiger partial charge in [-0.05, 0) is 48.6 Å². The van der Waals surface area contributed by atoms with Gasteiger partial charge in [-0.25, -0.2) is 13.1 Å². The zero-order valence-electron chi connectivity index (χ0n) is 16.5. The van der Waals surface area contributed by atoms with Crippen molar-refractivity contribution in [2.24, 2.45) is 0 Å². The Morgan fingerprint density at radius 3 is 2.73 bits per heavy atom. The average Bonchev–Trinajstić information content (AvgIpc) is 3.33. The van der Waals surface area contributed by atoms with E-state index in [1.54, 1.807) is 26.2 Å². The Labute approximate surface area is 183 Å². The Bertz CT molecular complexity index is 1170. The molecule has 1 aromatic carbocycles. The number of nitrogens with one attached hydrogen (secondary N) is 2. The molecule has 2 aromatic heterocycles. The van der Waals surface area contributed by atoms with E-state index in [0.29, 0.717) is 17.1 Å². The molecular weight excluding hydrogens is 450 g/mol. The van der Waals surface area contributed by atoms with Crippen LogP contribution in [-0.2, 0) is 16.4 Å².